The molecule has 0 unspecified atom stereocenters. The molecule has 1 aliphatic rings. The Morgan fingerprint density at radius 1 is 0.964 bits per heavy atom. The number of unbranched alkanes of at least 4 members (excludes halogenated alkanes) is 1. The van der Waals surface area contributed by atoms with Crippen molar-refractivity contribution < 1.29 is 4.79 Å². The highest BCUT2D eigenvalue weighted by Gasteiger charge is 2.25. The number of likely N-dealkylation sites (N-methyl/N-ethyl adjacent to an activating group) is 1. The average Bonchev–Trinajstić information content (AvgIpc) is 2.76. The fraction of sp³-hybridized carbons (Fsp3) is 0.480. The lowest BCUT2D eigenvalue weighted by Gasteiger charge is -2.37. The normalized spacial score (nSPS) is 15.2. The van der Waals surface area contributed by atoms with Crippen molar-refractivity contribution in [2.45, 2.75) is 51.5 Å². The molecule has 0 saturated carbocycles. The van der Waals surface area contributed by atoms with Gasteiger partial charge in [0.15, 0.2) is 0 Å². The van der Waals surface area contributed by atoms with Gasteiger partial charge < -0.3 is 9.80 Å². The largest absolute Gasteiger partial charge is 0.339 e. The van der Waals surface area contributed by atoms with Crippen molar-refractivity contribution in [3.05, 3.63) is 71.3 Å². The van der Waals surface area contributed by atoms with Gasteiger partial charge in [0.05, 0.1) is 0 Å². The molecule has 1 fully saturated rings. The van der Waals surface area contributed by atoms with Gasteiger partial charge in [0.25, 0.3) is 5.91 Å². The van der Waals surface area contributed by atoms with Crippen LogP contribution in [-0.4, -0.2) is 48.4 Å². The first-order valence-corrected chi connectivity index (χ1v) is 10.8. The predicted octanol–water partition coefficient (Wildman–Crippen LogP) is 4.81. The van der Waals surface area contributed by atoms with Crippen molar-refractivity contribution in [1.82, 2.24) is 9.80 Å². The van der Waals surface area contributed by atoms with Crippen molar-refractivity contribution in [3.63, 3.8) is 0 Å². The van der Waals surface area contributed by atoms with Gasteiger partial charge in [-0.2, -0.15) is 0 Å². The van der Waals surface area contributed by atoms with Crippen molar-refractivity contribution in [3.8, 4) is 0 Å². The summed E-state index contributed by atoms with van der Waals surface area (Å²) in [4.78, 5) is 17.3. The molecule has 0 aliphatic carbocycles. The van der Waals surface area contributed by atoms with Gasteiger partial charge in [-0.1, -0.05) is 55.8 Å². The summed E-state index contributed by atoms with van der Waals surface area (Å²) in [5.41, 5.74) is 3.55. The van der Waals surface area contributed by atoms with Gasteiger partial charge in [0.2, 0.25) is 0 Å². The lowest BCUT2D eigenvalue weighted by molar-refractivity contribution is 0.0647. The summed E-state index contributed by atoms with van der Waals surface area (Å²) in [6, 6.07) is 19.5. The lowest BCUT2D eigenvalue weighted by atomic mass is 10.0. The molecule has 0 spiro atoms. The van der Waals surface area contributed by atoms with E-state index < -0.39 is 0 Å². The van der Waals surface area contributed by atoms with E-state index in [0.717, 1.165) is 50.9 Å². The average molecular weight is 379 g/mol. The molecule has 2 aromatic carbocycles. The molecule has 0 aromatic heterocycles. The topological polar surface area (TPSA) is 23.6 Å². The quantitative estimate of drug-likeness (QED) is 0.658. The summed E-state index contributed by atoms with van der Waals surface area (Å²) in [5.74, 6) is 0.187. The number of benzene rings is 2. The SMILES string of the molecule is CCCCc1ccc(C(=O)N2CCC(N(C)CCc3ccccc3)CC2)cc1. The Morgan fingerprint density at radius 3 is 2.25 bits per heavy atom. The van der Waals surface area contributed by atoms with E-state index in [1.54, 1.807) is 0 Å². The summed E-state index contributed by atoms with van der Waals surface area (Å²) in [7, 11) is 2.22. The second-order valence-electron chi connectivity index (χ2n) is 8.04. The third-order valence-corrected chi connectivity index (χ3v) is 5.99. The van der Waals surface area contributed by atoms with Crippen LogP contribution in [0.15, 0.2) is 54.6 Å². The maximum atomic E-state index is 12.8. The highest BCUT2D eigenvalue weighted by Crippen LogP contribution is 2.19. The molecule has 0 radical (unpaired) electrons. The van der Waals surface area contributed by atoms with E-state index in [1.807, 2.05) is 17.0 Å². The minimum atomic E-state index is 0.187. The number of hydrogen-bond donors (Lipinski definition) is 0. The Labute approximate surface area is 170 Å². The van der Waals surface area contributed by atoms with Crippen molar-refractivity contribution in [2.24, 2.45) is 0 Å². The number of amides is 1. The van der Waals surface area contributed by atoms with Crippen LogP contribution in [0.5, 0.6) is 0 Å². The molecule has 1 amide bonds. The van der Waals surface area contributed by atoms with Gasteiger partial charge in [0.1, 0.15) is 0 Å². The monoisotopic (exact) mass is 378 g/mol. The second kappa shape index (κ2) is 10.4. The Kier molecular flexibility index (Phi) is 7.67. The first kappa shape index (κ1) is 20.6. The maximum absolute atomic E-state index is 12.8. The first-order valence-electron chi connectivity index (χ1n) is 10.8. The number of nitrogens with zero attached hydrogens (tertiary/aromatic N) is 2. The zero-order valence-electron chi connectivity index (χ0n) is 17.4. The van der Waals surface area contributed by atoms with E-state index >= 15 is 0 Å². The minimum Gasteiger partial charge on any atom is -0.339 e. The zero-order chi connectivity index (χ0) is 19.8. The van der Waals surface area contributed by atoms with Crippen LogP contribution < -0.4 is 0 Å². The van der Waals surface area contributed by atoms with E-state index in [2.05, 4.69) is 61.3 Å². The number of likely N-dealkylation sites (tertiary alicyclic amines) is 1. The third-order valence-electron chi connectivity index (χ3n) is 5.99. The van der Waals surface area contributed by atoms with Gasteiger partial charge in [-0.25, -0.2) is 0 Å². The zero-order valence-corrected chi connectivity index (χ0v) is 17.4. The number of rotatable bonds is 8. The summed E-state index contributed by atoms with van der Waals surface area (Å²) < 4.78 is 0. The molecule has 1 heterocycles. The lowest BCUT2D eigenvalue weighted by Crippen LogP contribution is -2.46. The van der Waals surface area contributed by atoms with Crippen molar-refractivity contribution in [2.75, 3.05) is 26.7 Å². The van der Waals surface area contributed by atoms with Crippen LogP contribution in [0, 0.1) is 0 Å². The van der Waals surface area contributed by atoms with Crippen LogP contribution in [0.2, 0.25) is 0 Å². The van der Waals surface area contributed by atoms with E-state index in [9.17, 15) is 4.79 Å². The van der Waals surface area contributed by atoms with Gasteiger partial charge in [0, 0.05) is 31.2 Å². The van der Waals surface area contributed by atoms with Crippen LogP contribution in [-0.2, 0) is 12.8 Å². The fourth-order valence-electron chi connectivity index (χ4n) is 4.02. The third kappa shape index (κ3) is 5.68. The Bertz CT molecular complexity index is 718. The van der Waals surface area contributed by atoms with Crippen molar-refractivity contribution >= 4 is 5.91 Å². The van der Waals surface area contributed by atoms with Crippen LogP contribution in [0.4, 0.5) is 0 Å². The van der Waals surface area contributed by atoms with Gasteiger partial charge in [-0.05, 0) is 62.4 Å². The van der Waals surface area contributed by atoms with E-state index in [-0.39, 0.29) is 5.91 Å². The maximum Gasteiger partial charge on any atom is 0.253 e. The molecule has 28 heavy (non-hydrogen) atoms. The highest BCUT2D eigenvalue weighted by molar-refractivity contribution is 5.94. The minimum absolute atomic E-state index is 0.187. The first-order chi connectivity index (χ1) is 13.7. The number of carbonyl (C=O) groups is 1. The van der Waals surface area contributed by atoms with Gasteiger partial charge in [-0.15, -0.1) is 0 Å². The molecular formula is C25H34N2O. The summed E-state index contributed by atoms with van der Waals surface area (Å²) in [5, 5.41) is 0. The van der Waals surface area contributed by atoms with E-state index in [1.165, 1.54) is 24.0 Å². The predicted molar refractivity (Wildman–Crippen MR) is 117 cm³/mol. The molecule has 0 atom stereocenters. The molecule has 150 valence electrons. The van der Waals surface area contributed by atoms with Crippen LogP contribution in [0.25, 0.3) is 0 Å². The molecule has 3 rings (SSSR count). The van der Waals surface area contributed by atoms with Gasteiger partial charge in [-0.3, -0.25) is 4.79 Å². The van der Waals surface area contributed by atoms with Crippen LogP contribution in [0.1, 0.15) is 54.1 Å². The molecule has 2 aromatic rings. The Morgan fingerprint density at radius 2 is 1.61 bits per heavy atom. The standard InChI is InChI=1S/C25H34N2O/c1-3-4-8-22-11-13-23(14-12-22)25(28)27-19-16-24(17-20-27)26(2)18-15-21-9-6-5-7-10-21/h5-7,9-14,24H,3-4,8,15-20H2,1-2H3. The van der Waals surface area contributed by atoms with E-state index in [0.29, 0.717) is 6.04 Å². The highest BCUT2D eigenvalue weighted by atomic mass is 16.2. The number of piperidine rings is 1. The summed E-state index contributed by atoms with van der Waals surface area (Å²) >= 11 is 0. The molecule has 1 saturated heterocycles. The number of hydrogen-bond acceptors (Lipinski definition) is 2. The summed E-state index contributed by atoms with van der Waals surface area (Å²) in [6.07, 6.45) is 6.72. The van der Waals surface area contributed by atoms with Crippen LogP contribution >= 0.6 is 0 Å². The molecule has 0 bridgehead atoms. The molecule has 0 N–H and O–H groups in total. The summed E-state index contributed by atoms with van der Waals surface area (Å²) in [6.45, 7) is 5.00. The Balaban J connectivity index is 1.45. The number of aryl methyl sites for hydroxylation is 1. The molecular weight excluding hydrogens is 344 g/mol. The molecule has 3 heteroatoms. The molecule has 3 nitrogen and oxygen atoms in total. The molecule has 1 aliphatic heterocycles. The Hall–Kier alpha value is -2.13. The van der Waals surface area contributed by atoms with Crippen LogP contribution in [0.3, 0.4) is 0 Å². The second-order valence-corrected chi connectivity index (χ2v) is 8.04. The van der Waals surface area contributed by atoms with E-state index in [4.69, 9.17) is 0 Å². The smallest absolute Gasteiger partial charge is 0.253 e. The van der Waals surface area contributed by atoms with Gasteiger partial charge >= 0.3 is 0 Å². The van der Waals surface area contributed by atoms with Crippen molar-refractivity contribution in [1.29, 1.82) is 0 Å². The number of carbonyl (C=O) groups excluding carboxylic acids is 1. The fourth-order valence-corrected chi connectivity index (χ4v) is 4.02.